The predicted molar refractivity (Wildman–Crippen MR) is 85.3 cm³/mol. The molecule has 1 heterocycles. The SMILES string of the molecule is CCCNC(c1ccc2c(c1)CC(C)O2)C(C)CCC. The van der Waals surface area contributed by atoms with Gasteiger partial charge in [-0.3, -0.25) is 0 Å². The molecule has 3 atom stereocenters. The van der Waals surface area contributed by atoms with Gasteiger partial charge in [-0.15, -0.1) is 0 Å². The Morgan fingerprint density at radius 1 is 1.30 bits per heavy atom. The summed E-state index contributed by atoms with van der Waals surface area (Å²) in [5.41, 5.74) is 2.80. The second-order valence-corrected chi connectivity index (χ2v) is 6.20. The summed E-state index contributed by atoms with van der Waals surface area (Å²) in [6.45, 7) is 10.1. The molecule has 0 radical (unpaired) electrons. The van der Waals surface area contributed by atoms with Crippen LogP contribution in [0.15, 0.2) is 18.2 Å². The molecule has 1 aromatic carbocycles. The Hall–Kier alpha value is -1.02. The quantitative estimate of drug-likeness (QED) is 0.792. The second kappa shape index (κ2) is 7.12. The van der Waals surface area contributed by atoms with Crippen molar-refractivity contribution in [2.45, 2.75) is 65.5 Å². The number of rotatable bonds is 7. The summed E-state index contributed by atoms with van der Waals surface area (Å²) in [6, 6.07) is 7.23. The van der Waals surface area contributed by atoms with Gasteiger partial charge in [0.1, 0.15) is 11.9 Å². The highest BCUT2D eigenvalue weighted by Gasteiger charge is 2.23. The zero-order chi connectivity index (χ0) is 14.5. The molecule has 0 aromatic heterocycles. The highest BCUT2D eigenvalue weighted by atomic mass is 16.5. The van der Waals surface area contributed by atoms with E-state index in [1.165, 1.54) is 30.4 Å². The van der Waals surface area contributed by atoms with Crippen LogP contribution in [-0.2, 0) is 6.42 Å². The summed E-state index contributed by atoms with van der Waals surface area (Å²) in [5.74, 6) is 1.75. The normalized spacial score (nSPS) is 20.3. The molecule has 0 amide bonds. The summed E-state index contributed by atoms with van der Waals surface area (Å²) in [5, 5.41) is 3.73. The van der Waals surface area contributed by atoms with Gasteiger partial charge in [0, 0.05) is 12.5 Å². The van der Waals surface area contributed by atoms with Gasteiger partial charge in [0.25, 0.3) is 0 Å². The Morgan fingerprint density at radius 3 is 2.80 bits per heavy atom. The lowest BCUT2D eigenvalue weighted by Crippen LogP contribution is -2.27. The van der Waals surface area contributed by atoms with Crippen molar-refractivity contribution in [3.63, 3.8) is 0 Å². The minimum atomic E-state index is 0.329. The van der Waals surface area contributed by atoms with Crippen LogP contribution in [0.4, 0.5) is 0 Å². The lowest BCUT2D eigenvalue weighted by atomic mass is 9.89. The van der Waals surface area contributed by atoms with Crippen molar-refractivity contribution in [2.75, 3.05) is 6.54 Å². The third kappa shape index (κ3) is 3.54. The number of benzene rings is 1. The highest BCUT2D eigenvalue weighted by molar-refractivity contribution is 5.41. The molecule has 1 aliphatic heterocycles. The number of fused-ring (bicyclic) bond motifs is 1. The van der Waals surface area contributed by atoms with Crippen molar-refractivity contribution in [2.24, 2.45) is 5.92 Å². The lowest BCUT2D eigenvalue weighted by Gasteiger charge is -2.26. The monoisotopic (exact) mass is 275 g/mol. The number of hydrogen-bond donors (Lipinski definition) is 1. The first-order valence-electron chi connectivity index (χ1n) is 8.18. The van der Waals surface area contributed by atoms with E-state index in [-0.39, 0.29) is 0 Å². The van der Waals surface area contributed by atoms with Crippen LogP contribution in [0.1, 0.15) is 64.1 Å². The molecule has 0 bridgehead atoms. The third-order valence-corrected chi connectivity index (χ3v) is 4.21. The fourth-order valence-corrected chi connectivity index (χ4v) is 3.20. The van der Waals surface area contributed by atoms with E-state index in [0.29, 0.717) is 18.1 Å². The van der Waals surface area contributed by atoms with Gasteiger partial charge in [0.05, 0.1) is 0 Å². The zero-order valence-corrected chi connectivity index (χ0v) is 13.4. The summed E-state index contributed by atoms with van der Waals surface area (Å²) in [4.78, 5) is 0. The predicted octanol–water partition coefficient (Wildman–Crippen LogP) is 4.49. The van der Waals surface area contributed by atoms with E-state index in [0.717, 1.165) is 18.7 Å². The van der Waals surface area contributed by atoms with Gasteiger partial charge in [-0.1, -0.05) is 39.3 Å². The Kier molecular flexibility index (Phi) is 5.47. The minimum Gasteiger partial charge on any atom is -0.490 e. The van der Waals surface area contributed by atoms with E-state index in [2.05, 4.69) is 51.2 Å². The largest absolute Gasteiger partial charge is 0.490 e. The number of nitrogens with one attached hydrogen (secondary N) is 1. The first-order chi connectivity index (χ1) is 9.65. The molecule has 1 aliphatic rings. The van der Waals surface area contributed by atoms with E-state index >= 15 is 0 Å². The van der Waals surface area contributed by atoms with E-state index in [1.54, 1.807) is 0 Å². The van der Waals surface area contributed by atoms with Crippen molar-refractivity contribution in [1.82, 2.24) is 5.32 Å². The van der Waals surface area contributed by atoms with Gasteiger partial charge in [-0.25, -0.2) is 0 Å². The molecule has 0 spiro atoms. The molecule has 2 heteroatoms. The van der Waals surface area contributed by atoms with Gasteiger partial charge in [-0.2, -0.15) is 0 Å². The topological polar surface area (TPSA) is 21.3 Å². The first kappa shape index (κ1) is 15.4. The maximum atomic E-state index is 5.81. The van der Waals surface area contributed by atoms with Crippen LogP contribution < -0.4 is 10.1 Å². The molecule has 2 rings (SSSR count). The number of ether oxygens (including phenoxy) is 1. The lowest BCUT2D eigenvalue weighted by molar-refractivity contribution is 0.254. The molecule has 3 unspecified atom stereocenters. The zero-order valence-electron chi connectivity index (χ0n) is 13.4. The molecule has 0 fully saturated rings. The summed E-state index contributed by atoms with van der Waals surface area (Å²) >= 11 is 0. The van der Waals surface area contributed by atoms with Crippen LogP contribution in [0, 0.1) is 5.92 Å². The van der Waals surface area contributed by atoms with Gasteiger partial charge in [0.2, 0.25) is 0 Å². The van der Waals surface area contributed by atoms with Gasteiger partial charge >= 0.3 is 0 Å². The molecule has 0 saturated heterocycles. The Bertz CT molecular complexity index is 429. The van der Waals surface area contributed by atoms with Crippen LogP contribution >= 0.6 is 0 Å². The van der Waals surface area contributed by atoms with E-state index in [1.807, 2.05) is 0 Å². The molecule has 112 valence electrons. The molecule has 1 N–H and O–H groups in total. The van der Waals surface area contributed by atoms with Gasteiger partial charge < -0.3 is 10.1 Å². The molecular weight excluding hydrogens is 246 g/mol. The third-order valence-electron chi connectivity index (χ3n) is 4.21. The van der Waals surface area contributed by atoms with Gasteiger partial charge in [-0.05, 0) is 49.4 Å². The smallest absolute Gasteiger partial charge is 0.123 e. The minimum absolute atomic E-state index is 0.329. The fraction of sp³-hybridized carbons (Fsp3) is 0.667. The molecule has 0 aliphatic carbocycles. The standard InChI is InChI=1S/C18H29NO/c1-5-7-13(3)18(19-10-6-2)15-8-9-17-16(12-15)11-14(4)20-17/h8-9,12-14,18-19H,5-7,10-11H2,1-4H3. The van der Waals surface area contributed by atoms with Crippen LogP contribution in [0.2, 0.25) is 0 Å². The van der Waals surface area contributed by atoms with Crippen molar-refractivity contribution < 1.29 is 4.74 Å². The molecular formula is C18H29NO. The Labute approximate surface area is 123 Å². The van der Waals surface area contributed by atoms with Crippen LogP contribution in [-0.4, -0.2) is 12.6 Å². The fourth-order valence-electron chi connectivity index (χ4n) is 3.20. The van der Waals surface area contributed by atoms with Crippen LogP contribution in [0.5, 0.6) is 5.75 Å². The molecule has 1 aromatic rings. The maximum absolute atomic E-state index is 5.81. The molecule has 2 nitrogen and oxygen atoms in total. The van der Waals surface area contributed by atoms with Crippen molar-refractivity contribution in [3.8, 4) is 5.75 Å². The van der Waals surface area contributed by atoms with Crippen molar-refractivity contribution in [3.05, 3.63) is 29.3 Å². The summed E-state index contributed by atoms with van der Waals surface area (Å²) in [7, 11) is 0. The molecule has 20 heavy (non-hydrogen) atoms. The molecule has 0 saturated carbocycles. The average Bonchev–Trinajstić information content (AvgIpc) is 2.79. The van der Waals surface area contributed by atoms with E-state index in [4.69, 9.17) is 4.74 Å². The Balaban J connectivity index is 2.18. The van der Waals surface area contributed by atoms with Gasteiger partial charge in [0.15, 0.2) is 0 Å². The maximum Gasteiger partial charge on any atom is 0.123 e. The van der Waals surface area contributed by atoms with Crippen molar-refractivity contribution in [1.29, 1.82) is 0 Å². The van der Waals surface area contributed by atoms with Crippen LogP contribution in [0.25, 0.3) is 0 Å². The summed E-state index contributed by atoms with van der Waals surface area (Å²) < 4.78 is 5.81. The highest BCUT2D eigenvalue weighted by Crippen LogP contribution is 2.33. The average molecular weight is 275 g/mol. The summed E-state index contributed by atoms with van der Waals surface area (Å²) in [6.07, 6.45) is 5.07. The Morgan fingerprint density at radius 2 is 2.10 bits per heavy atom. The van der Waals surface area contributed by atoms with E-state index in [9.17, 15) is 0 Å². The van der Waals surface area contributed by atoms with Crippen LogP contribution in [0.3, 0.4) is 0 Å². The number of hydrogen-bond acceptors (Lipinski definition) is 2. The first-order valence-corrected chi connectivity index (χ1v) is 8.18. The second-order valence-electron chi connectivity index (χ2n) is 6.20. The van der Waals surface area contributed by atoms with E-state index < -0.39 is 0 Å². The van der Waals surface area contributed by atoms with Crippen molar-refractivity contribution >= 4 is 0 Å².